The molecular formula is C24H21N3O. The molecule has 0 radical (unpaired) electrons. The molecule has 2 amide bonds. The Hall–Kier alpha value is -3.66. The van der Waals surface area contributed by atoms with E-state index in [-0.39, 0.29) is 6.03 Å². The first-order chi connectivity index (χ1) is 13.7. The van der Waals surface area contributed by atoms with Gasteiger partial charge in [-0.1, -0.05) is 54.6 Å². The van der Waals surface area contributed by atoms with Gasteiger partial charge in [0, 0.05) is 30.0 Å². The number of aryl methyl sites for hydroxylation is 1. The molecule has 0 spiro atoms. The van der Waals surface area contributed by atoms with Gasteiger partial charge in [-0.15, -0.1) is 0 Å². The fourth-order valence-corrected chi connectivity index (χ4v) is 3.35. The second kappa shape index (κ2) is 7.92. The standard InChI is InChI=1S/C24H21N3O/c1-17-6-5-9-20(14-17)27-24(28)26-15-19-10-11-21(18-7-3-2-4-8-18)22-12-13-25-16-23(19)22/h2-14,16H,15H2,1H3,(H2,26,27,28). The Morgan fingerprint density at radius 1 is 0.929 bits per heavy atom. The zero-order valence-electron chi connectivity index (χ0n) is 15.6. The van der Waals surface area contributed by atoms with Gasteiger partial charge < -0.3 is 10.6 Å². The number of aromatic nitrogens is 1. The molecule has 0 fully saturated rings. The number of hydrogen-bond acceptors (Lipinski definition) is 2. The van der Waals surface area contributed by atoms with Gasteiger partial charge in [0.05, 0.1) is 0 Å². The van der Waals surface area contributed by atoms with E-state index < -0.39 is 0 Å². The zero-order chi connectivity index (χ0) is 19.3. The van der Waals surface area contributed by atoms with Crippen LogP contribution in [0, 0.1) is 6.92 Å². The van der Waals surface area contributed by atoms with Gasteiger partial charge in [-0.2, -0.15) is 0 Å². The highest BCUT2D eigenvalue weighted by Gasteiger charge is 2.09. The molecule has 0 aliphatic heterocycles. The van der Waals surface area contributed by atoms with Crippen molar-refractivity contribution >= 4 is 22.5 Å². The number of rotatable bonds is 4. The van der Waals surface area contributed by atoms with E-state index in [1.807, 2.05) is 61.7 Å². The fraction of sp³-hybridized carbons (Fsp3) is 0.0833. The third kappa shape index (κ3) is 3.86. The predicted molar refractivity (Wildman–Crippen MR) is 114 cm³/mol. The minimum atomic E-state index is -0.227. The van der Waals surface area contributed by atoms with Gasteiger partial charge in [0.25, 0.3) is 0 Å². The molecule has 2 N–H and O–H groups in total. The number of fused-ring (bicyclic) bond motifs is 1. The highest BCUT2D eigenvalue weighted by molar-refractivity contribution is 5.98. The van der Waals surface area contributed by atoms with Crippen LogP contribution in [-0.4, -0.2) is 11.0 Å². The zero-order valence-corrected chi connectivity index (χ0v) is 15.6. The molecule has 4 heteroatoms. The first-order valence-corrected chi connectivity index (χ1v) is 9.23. The van der Waals surface area contributed by atoms with Crippen LogP contribution in [0.5, 0.6) is 0 Å². The summed E-state index contributed by atoms with van der Waals surface area (Å²) in [7, 11) is 0. The van der Waals surface area contributed by atoms with E-state index in [4.69, 9.17) is 0 Å². The van der Waals surface area contributed by atoms with E-state index in [2.05, 4.69) is 39.9 Å². The van der Waals surface area contributed by atoms with Crippen molar-refractivity contribution in [3.05, 3.63) is 96.3 Å². The summed E-state index contributed by atoms with van der Waals surface area (Å²) in [6.07, 6.45) is 3.66. The Bertz CT molecular complexity index is 1120. The number of hydrogen-bond donors (Lipinski definition) is 2. The largest absolute Gasteiger partial charge is 0.334 e. The van der Waals surface area contributed by atoms with Crippen molar-refractivity contribution < 1.29 is 4.79 Å². The number of benzene rings is 3. The normalized spacial score (nSPS) is 10.6. The van der Waals surface area contributed by atoms with Crippen LogP contribution < -0.4 is 10.6 Å². The molecule has 0 aliphatic rings. The Kier molecular flexibility index (Phi) is 5.02. The lowest BCUT2D eigenvalue weighted by molar-refractivity contribution is 0.252. The molecule has 1 heterocycles. The van der Waals surface area contributed by atoms with Crippen molar-refractivity contribution in [2.24, 2.45) is 0 Å². The minimum Gasteiger partial charge on any atom is -0.334 e. The number of pyridine rings is 1. The van der Waals surface area contributed by atoms with Crippen LogP contribution in [0.2, 0.25) is 0 Å². The van der Waals surface area contributed by atoms with Gasteiger partial charge in [0.2, 0.25) is 0 Å². The van der Waals surface area contributed by atoms with Crippen LogP contribution in [0.15, 0.2) is 85.2 Å². The van der Waals surface area contributed by atoms with Gasteiger partial charge in [-0.05, 0) is 52.8 Å². The summed E-state index contributed by atoms with van der Waals surface area (Å²) in [6, 6.07) is 24.0. The van der Waals surface area contributed by atoms with Gasteiger partial charge in [-0.3, -0.25) is 4.98 Å². The van der Waals surface area contributed by atoms with Gasteiger partial charge >= 0.3 is 6.03 Å². The van der Waals surface area contributed by atoms with E-state index in [0.717, 1.165) is 38.7 Å². The topological polar surface area (TPSA) is 54.0 Å². The average molecular weight is 367 g/mol. The molecule has 3 aromatic carbocycles. The number of amides is 2. The molecule has 4 rings (SSSR count). The number of carbonyl (C=O) groups is 1. The van der Waals surface area contributed by atoms with Crippen LogP contribution in [0.1, 0.15) is 11.1 Å². The molecule has 0 aliphatic carbocycles. The fourth-order valence-electron chi connectivity index (χ4n) is 3.35. The summed E-state index contributed by atoms with van der Waals surface area (Å²) >= 11 is 0. The monoisotopic (exact) mass is 367 g/mol. The van der Waals surface area contributed by atoms with Gasteiger partial charge in [0.1, 0.15) is 0 Å². The van der Waals surface area contributed by atoms with Crippen LogP contribution >= 0.6 is 0 Å². The first kappa shape index (κ1) is 17.7. The van der Waals surface area contributed by atoms with Crippen molar-refractivity contribution in [1.29, 1.82) is 0 Å². The van der Waals surface area contributed by atoms with E-state index in [0.29, 0.717) is 6.54 Å². The van der Waals surface area contributed by atoms with Crippen molar-refractivity contribution in [3.63, 3.8) is 0 Å². The number of nitrogens with zero attached hydrogens (tertiary/aromatic N) is 1. The van der Waals surface area contributed by atoms with E-state index in [1.54, 1.807) is 6.20 Å². The summed E-state index contributed by atoms with van der Waals surface area (Å²) in [5, 5.41) is 7.98. The van der Waals surface area contributed by atoms with Crippen molar-refractivity contribution in [2.45, 2.75) is 13.5 Å². The highest BCUT2D eigenvalue weighted by atomic mass is 16.2. The van der Waals surface area contributed by atoms with Crippen molar-refractivity contribution in [1.82, 2.24) is 10.3 Å². The van der Waals surface area contributed by atoms with Crippen LogP contribution in [-0.2, 0) is 6.54 Å². The molecule has 4 aromatic rings. The summed E-state index contributed by atoms with van der Waals surface area (Å²) < 4.78 is 0. The van der Waals surface area contributed by atoms with Crippen LogP contribution in [0.3, 0.4) is 0 Å². The van der Waals surface area contributed by atoms with Crippen molar-refractivity contribution in [2.75, 3.05) is 5.32 Å². The van der Waals surface area contributed by atoms with E-state index >= 15 is 0 Å². The quantitative estimate of drug-likeness (QED) is 0.498. The number of nitrogens with one attached hydrogen (secondary N) is 2. The summed E-state index contributed by atoms with van der Waals surface area (Å²) in [4.78, 5) is 16.6. The van der Waals surface area contributed by atoms with E-state index in [1.165, 1.54) is 0 Å². The smallest absolute Gasteiger partial charge is 0.319 e. The SMILES string of the molecule is Cc1cccc(NC(=O)NCc2ccc(-c3ccccc3)c3ccncc23)c1. The molecule has 0 bridgehead atoms. The molecular weight excluding hydrogens is 346 g/mol. The van der Waals surface area contributed by atoms with Crippen molar-refractivity contribution in [3.8, 4) is 11.1 Å². The molecule has 0 saturated heterocycles. The van der Waals surface area contributed by atoms with Crippen LogP contribution in [0.25, 0.3) is 21.9 Å². The molecule has 0 saturated carbocycles. The Labute approximate surface area is 164 Å². The molecule has 4 nitrogen and oxygen atoms in total. The highest BCUT2D eigenvalue weighted by Crippen LogP contribution is 2.30. The Morgan fingerprint density at radius 3 is 2.61 bits per heavy atom. The molecule has 1 aromatic heterocycles. The Balaban J connectivity index is 1.56. The number of urea groups is 1. The first-order valence-electron chi connectivity index (χ1n) is 9.23. The minimum absolute atomic E-state index is 0.227. The predicted octanol–water partition coefficient (Wildman–Crippen LogP) is 5.53. The average Bonchev–Trinajstić information content (AvgIpc) is 2.72. The maximum absolute atomic E-state index is 12.3. The maximum atomic E-state index is 12.3. The maximum Gasteiger partial charge on any atom is 0.319 e. The summed E-state index contributed by atoms with van der Waals surface area (Å²) in [5.74, 6) is 0. The van der Waals surface area contributed by atoms with E-state index in [9.17, 15) is 4.79 Å². The lowest BCUT2D eigenvalue weighted by atomic mass is 9.96. The number of carbonyl (C=O) groups excluding carboxylic acids is 1. The van der Waals surface area contributed by atoms with Gasteiger partial charge in [0.15, 0.2) is 0 Å². The second-order valence-electron chi connectivity index (χ2n) is 6.74. The lowest BCUT2D eigenvalue weighted by Gasteiger charge is -2.13. The Morgan fingerprint density at radius 2 is 1.79 bits per heavy atom. The summed E-state index contributed by atoms with van der Waals surface area (Å²) in [6.45, 7) is 2.42. The van der Waals surface area contributed by atoms with Crippen LogP contribution in [0.4, 0.5) is 10.5 Å². The summed E-state index contributed by atoms with van der Waals surface area (Å²) in [5.41, 5.74) is 5.23. The number of anilines is 1. The molecule has 0 atom stereocenters. The third-order valence-electron chi connectivity index (χ3n) is 4.71. The second-order valence-corrected chi connectivity index (χ2v) is 6.74. The third-order valence-corrected chi connectivity index (χ3v) is 4.71. The lowest BCUT2D eigenvalue weighted by Crippen LogP contribution is -2.28. The molecule has 138 valence electrons. The molecule has 28 heavy (non-hydrogen) atoms. The van der Waals surface area contributed by atoms with Gasteiger partial charge in [-0.25, -0.2) is 4.79 Å². The molecule has 0 unspecified atom stereocenters.